The van der Waals surface area contributed by atoms with Gasteiger partial charge in [-0.3, -0.25) is 0 Å². The van der Waals surface area contributed by atoms with Crippen LogP contribution in [0.2, 0.25) is 0 Å². The second-order valence-electron chi connectivity index (χ2n) is 4.10. The van der Waals surface area contributed by atoms with Crippen molar-refractivity contribution >= 4 is 21.4 Å². The average Bonchev–Trinajstić information content (AvgIpc) is 2.88. The molecule has 0 saturated carbocycles. The van der Waals surface area contributed by atoms with Gasteiger partial charge in [0.25, 0.3) is 0 Å². The van der Waals surface area contributed by atoms with E-state index in [0.29, 0.717) is 13.0 Å². The van der Waals surface area contributed by atoms with Crippen molar-refractivity contribution in [2.75, 3.05) is 12.3 Å². The maximum absolute atomic E-state index is 12.1. The Morgan fingerprint density at radius 1 is 1.56 bits per heavy atom. The fourth-order valence-corrected chi connectivity index (χ4v) is 4.92. The Bertz CT molecular complexity index is 425. The topological polar surface area (TPSA) is 37.4 Å². The highest BCUT2D eigenvalue weighted by Gasteiger charge is 2.34. The first-order valence-corrected chi connectivity index (χ1v) is 8.17. The van der Waals surface area contributed by atoms with Crippen LogP contribution < -0.4 is 0 Å². The normalized spacial score (nSPS) is 22.7. The van der Waals surface area contributed by atoms with E-state index < -0.39 is 10.0 Å². The van der Waals surface area contributed by atoms with Crippen LogP contribution in [0, 0.1) is 0 Å². The van der Waals surface area contributed by atoms with Crippen LogP contribution in [0.1, 0.15) is 37.1 Å². The van der Waals surface area contributed by atoms with E-state index in [4.69, 9.17) is 0 Å². The summed E-state index contributed by atoms with van der Waals surface area (Å²) < 4.78 is 25.8. The third-order valence-electron chi connectivity index (χ3n) is 2.89. The number of hydrogen-bond donors (Lipinski definition) is 0. The molecule has 1 saturated heterocycles. The highest BCUT2D eigenvalue weighted by atomic mass is 32.2. The van der Waals surface area contributed by atoms with Crippen molar-refractivity contribution in [3.63, 3.8) is 0 Å². The van der Waals surface area contributed by atoms with Crippen LogP contribution in [0.4, 0.5) is 0 Å². The van der Waals surface area contributed by atoms with Gasteiger partial charge in [-0.05, 0) is 30.7 Å². The summed E-state index contributed by atoms with van der Waals surface area (Å²) in [6.45, 7) is 2.60. The zero-order valence-corrected chi connectivity index (χ0v) is 11.1. The molecule has 2 heterocycles. The number of rotatable bonds is 4. The molecule has 0 aliphatic carbocycles. The fraction of sp³-hybridized carbons (Fsp3) is 0.636. The molecule has 1 atom stereocenters. The van der Waals surface area contributed by atoms with Gasteiger partial charge in [-0.25, -0.2) is 8.42 Å². The van der Waals surface area contributed by atoms with Crippen molar-refractivity contribution in [1.29, 1.82) is 0 Å². The van der Waals surface area contributed by atoms with Crippen LogP contribution in [0.15, 0.2) is 17.5 Å². The van der Waals surface area contributed by atoms with Gasteiger partial charge in [-0.15, -0.1) is 11.3 Å². The lowest BCUT2D eigenvalue weighted by molar-refractivity contribution is 0.400. The zero-order valence-electron chi connectivity index (χ0n) is 9.43. The molecule has 1 fully saturated rings. The van der Waals surface area contributed by atoms with Crippen molar-refractivity contribution < 1.29 is 8.42 Å². The lowest BCUT2D eigenvalue weighted by atomic mass is 10.2. The molecule has 1 aromatic heterocycles. The van der Waals surface area contributed by atoms with Crippen LogP contribution in [0.5, 0.6) is 0 Å². The molecule has 90 valence electrons. The molecule has 16 heavy (non-hydrogen) atoms. The van der Waals surface area contributed by atoms with Gasteiger partial charge < -0.3 is 0 Å². The molecule has 0 N–H and O–H groups in total. The molecule has 0 spiro atoms. The summed E-state index contributed by atoms with van der Waals surface area (Å²) in [5.74, 6) is 0.273. The van der Waals surface area contributed by atoms with Crippen molar-refractivity contribution in [3.8, 4) is 0 Å². The Hall–Kier alpha value is -0.390. The third-order valence-corrected chi connectivity index (χ3v) is 5.94. The summed E-state index contributed by atoms with van der Waals surface area (Å²) in [7, 11) is -3.05. The largest absolute Gasteiger partial charge is 0.214 e. The van der Waals surface area contributed by atoms with Gasteiger partial charge >= 0.3 is 0 Å². The highest BCUT2D eigenvalue weighted by molar-refractivity contribution is 7.89. The monoisotopic (exact) mass is 259 g/mol. The minimum atomic E-state index is -3.05. The van der Waals surface area contributed by atoms with E-state index in [0.717, 1.165) is 12.8 Å². The van der Waals surface area contributed by atoms with Crippen LogP contribution in [0.25, 0.3) is 0 Å². The molecule has 0 bridgehead atoms. The molecule has 1 unspecified atom stereocenters. The predicted molar refractivity (Wildman–Crippen MR) is 67.1 cm³/mol. The van der Waals surface area contributed by atoms with Crippen LogP contribution >= 0.6 is 11.3 Å². The van der Waals surface area contributed by atoms with Gasteiger partial charge in [0.2, 0.25) is 10.0 Å². The predicted octanol–water partition coefficient (Wildman–Crippen LogP) is 2.62. The number of thiophene rings is 1. The zero-order chi connectivity index (χ0) is 11.6. The van der Waals surface area contributed by atoms with Crippen molar-refractivity contribution in [2.24, 2.45) is 0 Å². The Morgan fingerprint density at radius 3 is 3.00 bits per heavy atom. The van der Waals surface area contributed by atoms with Crippen LogP contribution in [0.3, 0.4) is 0 Å². The summed E-state index contributed by atoms with van der Waals surface area (Å²) in [6.07, 6.45) is 2.63. The van der Waals surface area contributed by atoms with Gasteiger partial charge in [0.05, 0.1) is 11.8 Å². The summed E-state index contributed by atoms with van der Waals surface area (Å²) in [4.78, 5) is 1.18. The second kappa shape index (κ2) is 4.85. The number of hydrogen-bond acceptors (Lipinski definition) is 3. The van der Waals surface area contributed by atoms with Crippen LogP contribution in [-0.4, -0.2) is 25.0 Å². The van der Waals surface area contributed by atoms with E-state index in [2.05, 4.69) is 0 Å². The molecule has 1 aromatic rings. The molecular formula is C11H17NO2S2. The minimum Gasteiger partial charge on any atom is -0.212 e. The highest BCUT2D eigenvalue weighted by Crippen LogP contribution is 2.36. The molecule has 0 radical (unpaired) electrons. The number of sulfonamides is 1. The Balaban J connectivity index is 2.22. The van der Waals surface area contributed by atoms with Crippen molar-refractivity contribution in [3.05, 3.63) is 22.4 Å². The average molecular weight is 259 g/mol. The summed E-state index contributed by atoms with van der Waals surface area (Å²) >= 11 is 1.65. The SMILES string of the molecule is CCCS(=O)(=O)N1CCCC1c1cccs1. The Morgan fingerprint density at radius 2 is 2.38 bits per heavy atom. The third kappa shape index (κ3) is 2.31. The molecule has 0 amide bonds. The lowest BCUT2D eigenvalue weighted by Gasteiger charge is -2.22. The molecule has 1 aliphatic rings. The van der Waals surface area contributed by atoms with Gasteiger partial charge in [-0.1, -0.05) is 13.0 Å². The summed E-state index contributed by atoms with van der Waals surface area (Å²) in [5, 5.41) is 2.01. The van der Waals surface area contributed by atoms with E-state index >= 15 is 0 Å². The van der Waals surface area contributed by atoms with Crippen molar-refractivity contribution in [2.45, 2.75) is 32.2 Å². The Kier molecular flexibility index (Phi) is 3.66. The first-order valence-electron chi connectivity index (χ1n) is 5.68. The van der Waals surface area contributed by atoms with Gasteiger partial charge in [0.15, 0.2) is 0 Å². The van der Waals surface area contributed by atoms with Gasteiger partial charge in [0, 0.05) is 11.4 Å². The van der Waals surface area contributed by atoms with E-state index in [-0.39, 0.29) is 11.8 Å². The summed E-state index contributed by atoms with van der Waals surface area (Å²) in [6, 6.07) is 4.12. The Labute approximate surface area is 101 Å². The standard InChI is InChI=1S/C11H17NO2S2/c1-2-9-16(13,14)12-7-3-5-10(12)11-6-4-8-15-11/h4,6,8,10H,2-3,5,7,9H2,1H3. The van der Waals surface area contributed by atoms with Gasteiger partial charge in [-0.2, -0.15) is 4.31 Å². The van der Waals surface area contributed by atoms with E-state index in [1.807, 2.05) is 24.4 Å². The molecular weight excluding hydrogens is 242 g/mol. The van der Waals surface area contributed by atoms with E-state index in [1.165, 1.54) is 4.88 Å². The molecule has 5 heteroatoms. The summed E-state index contributed by atoms with van der Waals surface area (Å²) in [5.41, 5.74) is 0. The molecule has 3 nitrogen and oxygen atoms in total. The van der Waals surface area contributed by atoms with E-state index in [1.54, 1.807) is 15.6 Å². The maximum Gasteiger partial charge on any atom is 0.214 e. The molecule has 0 aromatic carbocycles. The molecule has 1 aliphatic heterocycles. The fourth-order valence-electron chi connectivity index (χ4n) is 2.21. The lowest BCUT2D eigenvalue weighted by Crippen LogP contribution is -2.32. The molecule has 2 rings (SSSR count). The number of nitrogens with zero attached hydrogens (tertiary/aromatic N) is 1. The van der Waals surface area contributed by atoms with Crippen molar-refractivity contribution in [1.82, 2.24) is 4.31 Å². The minimum absolute atomic E-state index is 0.0940. The quantitative estimate of drug-likeness (QED) is 0.833. The van der Waals surface area contributed by atoms with Crippen LogP contribution in [-0.2, 0) is 10.0 Å². The van der Waals surface area contributed by atoms with E-state index in [9.17, 15) is 8.42 Å². The second-order valence-corrected chi connectivity index (χ2v) is 7.12. The smallest absolute Gasteiger partial charge is 0.212 e. The first-order chi connectivity index (χ1) is 7.65. The first kappa shape index (κ1) is 12.1. The maximum atomic E-state index is 12.1. The van der Waals surface area contributed by atoms with Gasteiger partial charge in [0.1, 0.15) is 0 Å².